The van der Waals surface area contributed by atoms with Crippen molar-refractivity contribution in [3.63, 3.8) is 0 Å². The summed E-state index contributed by atoms with van der Waals surface area (Å²) < 4.78 is 0. The first kappa shape index (κ1) is 17.1. The van der Waals surface area contributed by atoms with Gasteiger partial charge in [0.05, 0.1) is 0 Å². The Labute approximate surface area is 139 Å². The molecule has 0 spiro atoms. The van der Waals surface area contributed by atoms with E-state index in [1.54, 1.807) is 0 Å². The normalized spacial score (nSPS) is 12.0. The molecular weight excluding hydrogens is 284 g/mol. The highest BCUT2D eigenvalue weighted by Crippen LogP contribution is 2.27. The number of benzene rings is 2. The van der Waals surface area contributed by atoms with Crippen LogP contribution < -0.4 is 10.6 Å². The van der Waals surface area contributed by atoms with Crippen LogP contribution in [0.25, 0.3) is 0 Å². The lowest BCUT2D eigenvalue weighted by atomic mass is 9.88. The zero-order valence-corrected chi connectivity index (χ0v) is 14.0. The third-order valence-corrected chi connectivity index (χ3v) is 4.11. The molecule has 0 aliphatic carbocycles. The summed E-state index contributed by atoms with van der Waals surface area (Å²) in [5, 5.41) is 5.90. The Balaban J connectivity index is 1.98. The molecule has 3 nitrogen and oxygen atoms in total. The Morgan fingerprint density at radius 1 is 0.957 bits per heavy atom. The average molecular weight is 310 g/mol. The van der Waals surface area contributed by atoms with Gasteiger partial charge in [-0.15, -0.1) is 0 Å². The zero-order chi connectivity index (χ0) is 16.5. The highest BCUT2D eigenvalue weighted by atomic mass is 16.2. The number of hydrogen-bond donors (Lipinski definition) is 2. The number of nitrogens with one attached hydrogen (secondary N) is 2. The van der Waals surface area contributed by atoms with E-state index in [0.717, 1.165) is 12.8 Å². The summed E-state index contributed by atoms with van der Waals surface area (Å²) >= 11 is 0. The Hall–Kier alpha value is -2.29. The molecule has 122 valence electrons. The van der Waals surface area contributed by atoms with Crippen LogP contribution in [0.4, 0.5) is 4.79 Å². The second-order valence-corrected chi connectivity index (χ2v) is 5.87. The quantitative estimate of drug-likeness (QED) is 0.786. The molecule has 0 aliphatic rings. The van der Waals surface area contributed by atoms with Gasteiger partial charge in [0.25, 0.3) is 0 Å². The Bertz CT molecular complexity index is 544. The summed E-state index contributed by atoms with van der Waals surface area (Å²) in [6, 6.07) is 21.0. The van der Waals surface area contributed by atoms with E-state index in [4.69, 9.17) is 0 Å². The van der Waals surface area contributed by atoms with E-state index in [1.165, 1.54) is 11.1 Å². The molecule has 1 atom stereocenters. The maximum atomic E-state index is 11.8. The molecular formula is C20H26N2O. The Morgan fingerprint density at radius 3 is 1.96 bits per heavy atom. The summed E-state index contributed by atoms with van der Waals surface area (Å²) in [4.78, 5) is 11.8. The largest absolute Gasteiger partial charge is 0.338 e. The first-order valence-electron chi connectivity index (χ1n) is 8.35. The van der Waals surface area contributed by atoms with Gasteiger partial charge in [-0.05, 0) is 30.9 Å². The highest BCUT2D eigenvalue weighted by molar-refractivity contribution is 5.74. The molecule has 2 aromatic carbocycles. The topological polar surface area (TPSA) is 41.1 Å². The van der Waals surface area contributed by atoms with Crippen LogP contribution in [0.3, 0.4) is 0 Å². The lowest BCUT2D eigenvalue weighted by Crippen LogP contribution is -2.41. The standard InChI is InChI=1S/C20H26N2O/c1-3-16(2)22-20(23)21-15-14-19(17-10-6-4-7-11-17)18-12-8-5-9-13-18/h4-13,16,19H,3,14-15H2,1-2H3,(H2,21,22,23). The van der Waals surface area contributed by atoms with Crippen LogP contribution in [0, 0.1) is 0 Å². The Kier molecular flexibility index (Phi) is 6.67. The molecule has 23 heavy (non-hydrogen) atoms. The van der Waals surface area contributed by atoms with Gasteiger partial charge >= 0.3 is 6.03 Å². The van der Waals surface area contributed by atoms with Crippen molar-refractivity contribution in [2.75, 3.05) is 6.54 Å². The van der Waals surface area contributed by atoms with Gasteiger partial charge in [-0.2, -0.15) is 0 Å². The highest BCUT2D eigenvalue weighted by Gasteiger charge is 2.14. The minimum absolute atomic E-state index is 0.0841. The first-order valence-corrected chi connectivity index (χ1v) is 8.35. The van der Waals surface area contributed by atoms with Gasteiger partial charge in [-0.25, -0.2) is 4.79 Å². The number of amides is 2. The molecule has 2 rings (SSSR count). The van der Waals surface area contributed by atoms with Gasteiger partial charge in [-0.3, -0.25) is 0 Å². The predicted molar refractivity (Wildman–Crippen MR) is 95.6 cm³/mol. The van der Waals surface area contributed by atoms with Crippen molar-refractivity contribution >= 4 is 6.03 Å². The molecule has 0 heterocycles. The van der Waals surface area contributed by atoms with Gasteiger partial charge in [0.15, 0.2) is 0 Å². The number of urea groups is 1. The number of carbonyl (C=O) groups excluding carboxylic acids is 1. The van der Waals surface area contributed by atoms with Crippen molar-refractivity contribution in [2.45, 2.75) is 38.6 Å². The summed E-state index contributed by atoms with van der Waals surface area (Å²) in [6.45, 7) is 4.72. The van der Waals surface area contributed by atoms with Crippen molar-refractivity contribution in [1.82, 2.24) is 10.6 Å². The van der Waals surface area contributed by atoms with Crippen LogP contribution in [0.15, 0.2) is 60.7 Å². The van der Waals surface area contributed by atoms with Crippen LogP contribution in [-0.2, 0) is 0 Å². The van der Waals surface area contributed by atoms with Crippen molar-refractivity contribution < 1.29 is 4.79 Å². The lowest BCUT2D eigenvalue weighted by molar-refractivity contribution is 0.237. The van der Waals surface area contributed by atoms with Crippen LogP contribution in [0.5, 0.6) is 0 Å². The van der Waals surface area contributed by atoms with Gasteiger partial charge in [-0.1, -0.05) is 67.6 Å². The van der Waals surface area contributed by atoms with E-state index in [9.17, 15) is 4.79 Å². The third-order valence-electron chi connectivity index (χ3n) is 4.11. The molecule has 0 aromatic heterocycles. The van der Waals surface area contributed by atoms with Crippen LogP contribution in [0.1, 0.15) is 43.7 Å². The maximum absolute atomic E-state index is 11.8. The van der Waals surface area contributed by atoms with E-state index < -0.39 is 0 Å². The van der Waals surface area contributed by atoms with E-state index in [-0.39, 0.29) is 12.1 Å². The maximum Gasteiger partial charge on any atom is 0.314 e. The van der Waals surface area contributed by atoms with Crippen molar-refractivity contribution in [3.8, 4) is 0 Å². The summed E-state index contributed by atoms with van der Waals surface area (Å²) in [7, 11) is 0. The van der Waals surface area contributed by atoms with Crippen LogP contribution >= 0.6 is 0 Å². The minimum atomic E-state index is -0.0841. The molecule has 1 unspecified atom stereocenters. The molecule has 2 N–H and O–H groups in total. The minimum Gasteiger partial charge on any atom is -0.338 e. The molecule has 0 radical (unpaired) electrons. The van der Waals surface area contributed by atoms with E-state index >= 15 is 0 Å². The molecule has 0 saturated carbocycles. The predicted octanol–water partition coefficient (Wildman–Crippen LogP) is 4.31. The number of hydrogen-bond acceptors (Lipinski definition) is 1. The fourth-order valence-corrected chi connectivity index (χ4v) is 2.60. The van der Waals surface area contributed by atoms with Gasteiger partial charge in [0, 0.05) is 18.5 Å². The first-order chi connectivity index (χ1) is 11.2. The molecule has 0 bridgehead atoms. The second-order valence-electron chi connectivity index (χ2n) is 5.87. The fraction of sp³-hybridized carbons (Fsp3) is 0.350. The van der Waals surface area contributed by atoms with Crippen molar-refractivity contribution in [3.05, 3.63) is 71.8 Å². The second kappa shape index (κ2) is 8.99. The van der Waals surface area contributed by atoms with Crippen LogP contribution in [-0.4, -0.2) is 18.6 Å². The molecule has 2 amide bonds. The molecule has 0 fully saturated rings. The molecule has 0 saturated heterocycles. The summed E-state index contributed by atoms with van der Waals surface area (Å²) in [5.41, 5.74) is 2.56. The van der Waals surface area contributed by atoms with Gasteiger partial charge < -0.3 is 10.6 Å². The van der Waals surface area contributed by atoms with Crippen molar-refractivity contribution in [1.29, 1.82) is 0 Å². The smallest absolute Gasteiger partial charge is 0.314 e. The van der Waals surface area contributed by atoms with Gasteiger partial charge in [0.2, 0.25) is 0 Å². The molecule has 0 aliphatic heterocycles. The van der Waals surface area contributed by atoms with Gasteiger partial charge in [0.1, 0.15) is 0 Å². The van der Waals surface area contributed by atoms with E-state index in [2.05, 4.69) is 66.1 Å². The molecule has 2 aromatic rings. The fourth-order valence-electron chi connectivity index (χ4n) is 2.60. The Morgan fingerprint density at radius 2 is 1.48 bits per heavy atom. The monoisotopic (exact) mass is 310 g/mol. The summed E-state index contributed by atoms with van der Waals surface area (Å²) in [5.74, 6) is 0.293. The zero-order valence-electron chi connectivity index (χ0n) is 14.0. The average Bonchev–Trinajstić information content (AvgIpc) is 2.60. The van der Waals surface area contributed by atoms with Crippen LogP contribution in [0.2, 0.25) is 0 Å². The van der Waals surface area contributed by atoms with Crippen molar-refractivity contribution in [2.24, 2.45) is 0 Å². The SMILES string of the molecule is CCC(C)NC(=O)NCCC(c1ccccc1)c1ccccc1. The van der Waals surface area contributed by atoms with E-state index in [0.29, 0.717) is 12.5 Å². The molecule has 3 heteroatoms. The number of carbonyl (C=O) groups is 1. The number of rotatable bonds is 7. The third kappa shape index (κ3) is 5.44. The van der Waals surface area contributed by atoms with E-state index in [1.807, 2.05) is 19.1 Å². The summed E-state index contributed by atoms with van der Waals surface area (Å²) in [6.07, 6.45) is 1.81. The lowest BCUT2D eigenvalue weighted by Gasteiger charge is -2.19.